The Morgan fingerprint density at radius 2 is 0.565 bits per heavy atom. The normalized spacial score (nSPS) is 15.0. The second kappa shape index (κ2) is 56.1. The molecule has 0 radical (unpaired) electrons. The predicted octanol–water partition coefficient (Wildman–Crippen LogP) is 18.1. The van der Waals surface area contributed by atoms with E-state index >= 15 is 0 Å². The molecule has 504 valence electrons. The molecule has 0 rings (SSSR count). The van der Waals surface area contributed by atoms with Crippen LogP contribution in [0.15, 0.2) is 0 Å². The van der Waals surface area contributed by atoms with E-state index in [9.17, 15) is 43.2 Å². The molecule has 0 amide bonds. The maximum absolute atomic E-state index is 13.0. The number of aliphatic hydroxyl groups is 1. The van der Waals surface area contributed by atoms with E-state index in [2.05, 4.69) is 55.4 Å². The first-order valence-electron chi connectivity index (χ1n) is 34.3. The van der Waals surface area contributed by atoms with Crippen LogP contribution < -0.4 is 0 Å². The van der Waals surface area contributed by atoms with Crippen molar-refractivity contribution in [2.75, 3.05) is 39.6 Å². The lowest BCUT2D eigenvalue weighted by atomic mass is 10.00. The summed E-state index contributed by atoms with van der Waals surface area (Å²) >= 11 is 0. The van der Waals surface area contributed by atoms with Crippen molar-refractivity contribution in [3.05, 3.63) is 0 Å². The molecule has 0 saturated heterocycles. The van der Waals surface area contributed by atoms with Crippen molar-refractivity contribution in [1.82, 2.24) is 0 Å². The number of hydrogen-bond donors (Lipinski definition) is 3. The first-order chi connectivity index (χ1) is 40.7. The third-order valence-corrected chi connectivity index (χ3v) is 17.7. The van der Waals surface area contributed by atoms with Gasteiger partial charge in [0, 0.05) is 25.7 Å². The summed E-state index contributed by atoms with van der Waals surface area (Å²) in [4.78, 5) is 72.3. The molecule has 7 atom stereocenters. The molecule has 0 saturated carbocycles. The number of carbonyl (C=O) groups is 4. The molecule has 0 spiro atoms. The van der Waals surface area contributed by atoms with Gasteiger partial charge in [0.25, 0.3) is 0 Å². The summed E-state index contributed by atoms with van der Waals surface area (Å²) in [5, 5.41) is 10.5. The number of ether oxygens (including phenoxy) is 4. The molecule has 17 nitrogen and oxygen atoms in total. The molecule has 0 aromatic heterocycles. The van der Waals surface area contributed by atoms with Crippen LogP contribution in [0.4, 0.5) is 0 Å². The molecular formula is C66H128O17P2. The molecule has 0 fully saturated rings. The van der Waals surface area contributed by atoms with Crippen molar-refractivity contribution in [2.24, 2.45) is 23.7 Å². The smallest absolute Gasteiger partial charge is 0.462 e. The Bertz CT molecular complexity index is 1700. The molecular weight excluding hydrogens is 1130 g/mol. The second-order valence-corrected chi connectivity index (χ2v) is 28.2. The van der Waals surface area contributed by atoms with Gasteiger partial charge in [-0.1, -0.05) is 267 Å². The third kappa shape index (κ3) is 58.2. The molecule has 0 aliphatic carbocycles. The lowest BCUT2D eigenvalue weighted by molar-refractivity contribution is -0.161. The van der Waals surface area contributed by atoms with Gasteiger partial charge in [0.2, 0.25) is 0 Å². The topological polar surface area (TPSA) is 237 Å². The van der Waals surface area contributed by atoms with Gasteiger partial charge in [0.1, 0.15) is 19.3 Å². The Balaban J connectivity index is 5.25. The summed E-state index contributed by atoms with van der Waals surface area (Å²) in [6.45, 7) is 14.0. The van der Waals surface area contributed by atoms with Crippen molar-refractivity contribution in [3.8, 4) is 0 Å². The highest BCUT2D eigenvalue weighted by atomic mass is 31.2. The molecule has 4 unspecified atom stereocenters. The van der Waals surface area contributed by atoms with Crippen molar-refractivity contribution in [2.45, 2.75) is 337 Å². The summed E-state index contributed by atoms with van der Waals surface area (Å²) in [5.74, 6) is 0.793. The highest BCUT2D eigenvalue weighted by Gasteiger charge is 2.30. The Kier molecular flexibility index (Phi) is 54.8. The number of unbranched alkanes of at least 4 members (excludes halogenated alkanes) is 27. The monoisotopic (exact) mass is 1250 g/mol. The van der Waals surface area contributed by atoms with Crippen LogP contribution in [-0.2, 0) is 65.4 Å². The number of carbonyl (C=O) groups excluding carboxylic acids is 4. The molecule has 85 heavy (non-hydrogen) atoms. The van der Waals surface area contributed by atoms with E-state index in [1.54, 1.807) is 0 Å². The number of aliphatic hydroxyl groups excluding tert-OH is 1. The number of hydrogen-bond acceptors (Lipinski definition) is 15. The SMILES string of the molecule is CCC(C)CCCCCCCCC(=O)OC[C@H](COP(=O)(O)OC[C@H](O)COP(=O)(O)OC[C@@H](COC(=O)CCCCCCCCCC(C)C)OC(=O)CCCCCCCCCCCCCCC(C)C)OC(=O)CCCCCCCCC(C)CC. The van der Waals surface area contributed by atoms with Crippen molar-refractivity contribution in [1.29, 1.82) is 0 Å². The van der Waals surface area contributed by atoms with Crippen molar-refractivity contribution in [3.63, 3.8) is 0 Å². The number of phosphoric acid groups is 2. The molecule has 0 bridgehead atoms. The van der Waals surface area contributed by atoms with Crippen LogP contribution in [0.5, 0.6) is 0 Å². The number of esters is 4. The maximum Gasteiger partial charge on any atom is 0.472 e. The Morgan fingerprint density at radius 3 is 0.835 bits per heavy atom. The summed E-state index contributed by atoms with van der Waals surface area (Å²) in [7, 11) is -9.89. The minimum atomic E-state index is -4.95. The fourth-order valence-electron chi connectivity index (χ4n) is 9.72. The first kappa shape index (κ1) is 83.1. The third-order valence-electron chi connectivity index (χ3n) is 15.8. The zero-order chi connectivity index (χ0) is 63.2. The fourth-order valence-corrected chi connectivity index (χ4v) is 11.3. The zero-order valence-corrected chi connectivity index (χ0v) is 57.0. The van der Waals surface area contributed by atoms with E-state index in [-0.39, 0.29) is 25.7 Å². The summed E-state index contributed by atoms with van der Waals surface area (Å²) in [5.41, 5.74) is 0. The van der Waals surface area contributed by atoms with Gasteiger partial charge in [0.05, 0.1) is 26.4 Å². The Labute approximate surface area is 517 Å². The number of phosphoric ester groups is 2. The van der Waals surface area contributed by atoms with E-state index in [0.717, 1.165) is 120 Å². The molecule has 0 heterocycles. The van der Waals surface area contributed by atoms with Crippen LogP contribution in [0.1, 0.15) is 319 Å². The molecule has 0 aromatic carbocycles. The lowest BCUT2D eigenvalue weighted by Gasteiger charge is -2.21. The van der Waals surface area contributed by atoms with Crippen molar-refractivity contribution < 1.29 is 80.2 Å². The summed E-state index contributed by atoms with van der Waals surface area (Å²) in [6, 6.07) is 0. The van der Waals surface area contributed by atoms with E-state index in [4.69, 9.17) is 37.0 Å². The Morgan fingerprint density at radius 1 is 0.329 bits per heavy atom. The standard InChI is InChI=1S/C66H128O17P2/c1-9-58(7)44-36-28-22-24-31-39-47-64(69)77-53-62(83-66(71)49-41-33-25-23-29-37-45-59(8)10-2)55-81-85(74,75)79-51-60(67)50-78-84(72,73)80-54-61(52-76-63(68)46-38-30-21-17-19-27-35-43-57(5)6)82-65(70)48-40-32-20-16-14-12-11-13-15-18-26-34-42-56(3)4/h56-62,67H,9-55H2,1-8H3,(H,72,73)(H,74,75)/t58?,59?,60-,61-,62-/m1/s1. The Hall–Kier alpha value is -1.94. The number of rotatable bonds is 63. The van der Waals surface area contributed by atoms with Crippen LogP contribution in [0.2, 0.25) is 0 Å². The minimum Gasteiger partial charge on any atom is -0.462 e. The maximum atomic E-state index is 13.0. The highest BCUT2D eigenvalue weighted by molar-refractivity contribution is 7.47. The summed E-state index contributed by atoms with van der Waals surface area (Å²) in [6.07, 6.45) is 36.3. The van der Waals surface area contributed by atoms with Crippen LogP contribution in [-0.4, -0.2) is 96.7 Å². The lowest BCUT2D eigenvalue weighted by Crippen LogP contribution is -2.30. The van der Waals surface area contributed by atoms with Gasteiger partial charge >= 0.3 is 39.5 Å². The van der Waals surface area contributed by atoms with E-state index < -0.39 is 97.5 Å². The van der Waals surface area contributed by atoms with Gasteiger partial charge in [-0.15, -0.1) is 0 Å². The van der Waals surface area contributed by atoms with E-state index in [1.807, 2.05) is 0 Å². The summed E-state index contributed by atoms with van der Waals surface area (Å²) < 4.78 is 68.1. The van der Waals surface area contributed by atoms with Crippen LogP contribution >= 0.6 is 15.6 Å². The minimum absolute atomic E-state index is 0.101. The fraction of sp³-hybridized carbons (Fsp3) is 0.939. The quantitative estimate of drug-likeness (QED) is 0.0222. The van der Waals surface area contributed by atoms with E-state index in [1.165, 1.54) is 109 Å². The van der Waals surface area contributed by atoms with Gasteiger partial charge in [-0.25, -0.2) is 9.13 Å². The predicted molar refractivity (Wildman–Crippen MR) is 340 cm³/mol. The first-order valence-corrected chi connectivity index (χ1v) is 37.3. The van der Waals surface area contributed by atoms with Gasteiger partial charge in [-0.2, -0.15) is 0 Å². The van der Waals surface area contributed by atoms with Crippen LogP contribution in [0, 0.1) is 23.7 Å². The molecule has 3 N–H and O–H groups in total. The average molecular weight is 1260 g/mol. The van der Waals surface area contributed by atoms with Gasteiger partial charge in [0.15, 0.2) is 12.2 Å². The van der Waals surface area contributed by atoms with Gasteiger partial charge in [-0.3, -0.25) is 37.3 Å². The highest BCUT2D eigenvalue weighted by Crippen LogP contribution is 2.45. The average Bonchev–Trinajstić information content (AvgIpc) is 3.55. The van der Waals surface area contributed by atoms with Crippen LogP contribution in [0.3, 0.4) is 0 Å². The van der Waals surface area contributed by atoms with E-state index in [0.29, 0.717) is 31.6 Å². The molecule has 0 aromatic rings. The second-order valence-electron chi connectivity index (χ2n) is 25.3. The molecule has 0 aliphatic heterocycles. The van der Waals surface area contributed by atoms with Gasteiger partial charge in [-0.05, 0) is 49.4 Å². The molecule has 19 heteroatoms. The zero-order valence-electron chi connectivity index (χ0n) is 55.2. The van der Waals surface area contributed by atoms with Crippen LogP contribution in [0.25, 0.3) is 0 Å². The largest absolute Gasteiger partial charge is 0.472 e. The van der Waals surface area contributed by atoms with Crippen molar-refractivity contribution >= 4 is 39.5 Å². The molecule has 0 aliphatic rings. The van der Waals surface area contributed by atoms with Gasteiger partial charge < -0.3 is 33.8 Å².